The molecule has 8 nitrogen and oxygen atoms in total. The summed E-state index contributed by atoms with van der Waals surface area (Å²) in [5, 5.41) is 14.3. The van der Waals surface area contributed by atoms with Crippen molar-refractivity contribution < 1.29 is 23.9 Å². The summed E-state index contributed by atoms with van der Waals surface area (Å²) < 4.78 is 15.5. The van der Waals surface area contributed by atoms with E-state index in [-0.39, 0.29) is 22.8 Å². The number of carbonyl (C=O) groups excluding carboxylic acids is 1. The second kappa shape index (κ2) is 8.39. The molecule has 0 aromatic heterocycles. The van der Waals surface area contributed by atoms with Crippen molar-refractivity contribution in [1.82, 2.24) is 0 Å². The topological polar surface area (TPSA) is 99.9 Å². The zero-order valence-electron chi connectivity index (χ0n) is 15.9. The predicted octanol–water partition coefficient (Wildman–Crippen LogP) is 4.00. The standard InChI is InChI=1S/C19H22N2O6/c1-11(2)12-6-8-13(9-7-12)20-19(22)14-10-15(25-3)17(26-4)18(27-5)16(14)21(23)24/h6-11H,1-5H3,(H,20,22). The molecule has 2 rings (SSSR count). The molecule has 2 aromatic rings. The lowest BCUT2D eigenvalue weighted by Gasteiger charge is -2.15. The normalized spacial score (nSPS) is 10.4. The molecule has 0 unspecified atom stereocenters. The maximum Gasteiger partial charge on any atom is 0.327 e. The number of hydrogen-bond acceptors (Lipinski definition) is 6. The molecule has 0 saturated heterocycles. The minimum absolute atomic E-state index is 0.0459. The second-order valence-electron chi connectivity index (χ2n) is 6.03. The number of rotatable bonds is 7. The van der Waals surface area contributed by atoms with Crippen LogP contribution >= 0.6 is 0 Å². The maximum absolute atomic E-state index is 12.7. The lowest BCUT2D eigenvalue weighted by atomic mass is 10.0. The van der Waals surface area contributed by atoms with E-state index in [1.54, 1.807) is 12.1 Å². The van der Waals surface area contributed by atoms with Crippen molar-refractivity contribution >= 4 is 17.3 Å². The van der Waals surface area contributed by atoms with Gasteiger partial charge in [0.2, 0.25) is 11.5 Å². The molecular formula is C19H22N2O6. The predicted molar refractivity (Wildman–Crippen MR) is 101 cm³/mol. The minimum atomic E-state index is -0.683. The first-order chi connectivity index (χ1) is 12.8. The van der Waals surface area contributed by atoms with Crippen LogP contribution in [0.3, 0.4) is 0 Å². The highest BCUT2D eigenvalue weighted by molar-refractivity contribution is 6.08. The number of hydrogen-bond donors (Lipinski definition) is 1. The fraction of sp³-hybridized carbons (Fsp3) is 0.316. The van der Waals surface area contributed by atoms with Crippen LogP contribution in [0.25, 0.3) is 0 Å². The molecular weight excluding hydrogens is 352 g/mol. The van der Waals surface area contributed by atoms with E-state index in [9.17, 15) is 14.9 Å². The number of methoxy groups -OCH3 is 3. The summed E-state index contributed by atoms with van der Waals surface area (Å²) >= 11 is 0. The van der Waals surface area contributed by atoms with Gasteiger partial charge in [-0.25, -0.2) is 0 Å². The SMILES string of the molecule is COc1cc(C(=O)Nc2ccc(C(C)C)cc2)c([N+](=O)[O-])c(OC)c1OC. The van der Waals surface area contributed by atoms with Gasteiger partial charge >= 0.3 is 5.69 Å². The molecule has 0 spiro atoms. The molecule has 0 fully saturated rings. The van der Waals surface area contributed by atoms with Gasteiger partial charge in [0.15, 0.2) is 5.75 Å². The number of nitro groups is 1. The zero-order chi connectivity index (χ0) is 20.1. The molecule has 8 heteroatoms. The van der Waals surface area contributed by atoms with Crippen molar-refractivity contribution in [2.75, 3.05) is 26.6 Å². The van der Waals surface area contributed by atoms with E-state index in [1.165, 1.54) is 27.4 Å². The lowest BCUT2D eigenvalue weighted by Crippen LogP contribution is -2.15. The van der Waals surface area contributed by atoms with E-state index in [2.05, 4.69) is 19.2 Å². The van der Waals surface area contributed by atoms with Crippen LogP contribution in [0.2, 0.25) is 0 Å². The van der Waals surface area contributed by atoms with Crippen molar-refractivity contribution in [3.63, 3.8) is 0 Å². The van der Waals surface area contributed by atoms with Gasteiger partial charge in [0, 0.05) is 11.8 Å². The van der Waals surface area contributed by atoms with E-state index in [0.717, 1.165) is 5.56 Å². The Morgan fingerprint density at radius 1 is 1.04 bits per heavy atom. The van der Waals surface area contributed by atoms with Gasteiger partial charge in [-0.05, 0) is 23.6 Å². The van der Waals surface area contributed by atoms with Gasteiger partial charge < -0.3 is 19.5 Å². The smallest absolute Gasteiger partial charge is 0.327 e. The first kappa shape index (κ1) is 20.0. The Labute approximate surface area is 157 Å². The third kappa shape index (κ3) is 4.11. The molecule has 0 saturated carbocycles. The number of nitro benzene ring substituents is 1. The molecule has 0 atom stereocenters. The average Bonchev–Trinajstić information content (AvgIpc) is 2.66. The van der Waals surface area contributed by atoms with Gasteiger partial charge in [-0.1, -0.05) is 26.0 Å². The average molecular weight is 374 g/mol. The highest BCUT2D eigenvalue weighted by atomic mass is 16.6. The molecule has 0 heterocycles. The van der Waals surface area contributed by atoms with Crippen LogP contribution in [-0.4, -0.2) is 32.2 Å². The molecule has 144 valence electrons. The van der Waals surface area contributed by atoms with Crippen LogP contribution in [0.5, 0.6) is 17.2 Å². The summed E-state index contributed by atoms with van der Waals surface area (Å²) in [5.74, 6) is -0.281. The summed E-state index contributed by atoms with van der Waals surface area (Å²) in [6, 6.07) is 8.54. The first-order valence-corrected chi connectivity index (χ1v) is 8.22. The van der Waals surface area contributed by atoms with E-state index in [0.29, 0.717) is 11.6 Å². The fourth-order valence-electron chi connectivity index (χ4n) is 2.65. The van der Waals surface area contributed by atoms with Crippen molar-refractivity contribution in [3.8, 4) is 17.2 Å². The van der Waals surface area contributed by atoms with E-state index in [1.807, 2.05) is 12.1 Å². The molecule has 0 aliphatic heterocycles. The van der Waals surface area contributed by atoms with E-state index < -0.39 is 16.5 Å². The van der Waals surface area contributed by atoms with Gasteiger partial charge in [0.25, 0.3) is 5.91 Å². The van der Waals surface area contributed by atoms with Crippen LogP contribution in [-0.2, 0) is 0 Å². The van der Waals surface area contributed by atoms with E-state index in [4.69, 9.17) is 14.2 Å². The summed E-state index contributed by atoms with van der Waals surface area (Å²) in [6.45, 7) is 4.12. The summed E-state index contributed by atoms with van der Waals surface area (Å²) in [4.78, 5) is 23.6. The van der Waals surface area contributed by atoms with Crippen LogP contribution in [0, 0.1) is 10.1 Å². The number of nitrogens with zero attached hydrogens (tertiary/aromatic N) is 1. The van der Waals surface area contributed by atoms with Crippen LogP contribution < -0.4 is 19.5 Å². The Morgan fingerprint density at radius 3 is 2.07 bits per heavy atom. The molecule has 1 amide bonds. The van der Waals surface area contributed by atoms with Gasteiger partial charge in [0.05, 0.1) is 26.3 Å². The molecule has 0 bridgehead atoms. The van der Waals surface area contributed by atoms with Gasteiger partial charge in [-0.3, -0.25) is 14.9 Å². The monoisotopic (exact) mass is 374 g/mol. The van der Waals surface area contributed by atoms with E-state index >= 15 is 0 Å². The summed E-state index contributed by atoms with van der Waals surface area (Å²) in [6.07, 6.45) is 0. The Kier molecular flexibility index (Phi) is 6.23. The highest BCUT2D eigenvalue weighted by Crippen LogP contribution is 2.46. The molecule has 0 radical (unpaired) electrons. The van der Waals surface area contributed by atoms with Crippen LogP contribution in [0.15, 0.2) is 30.3 Å². The van der Waals surface area contributed by atoms with Gasteiger partial charge in [-0.2, -0.15) is 0 Å². The number of benzene rings is 2. The number of carbonyl (C=O) groups is 1. The van der Waals surface area contributed by atoms with Crippen LogP contribution in [0.4, 0.5) is 11.4 Å². The Morgan fingerprint density at radius 2 is 1.63 bits per heavy atom. The van der Waals surface area contributed by atoms with Crippen molar-refractivity contribution in [3.05, 3.63) is 51.6 Å². The largest absolute Gasteiger partial charge is 0.493 e. The molecule has 2 aromatic carbocycles. The fourth-order valence-corrected chi connectivity index (χ4v) is 2.65. The second-order valence-corrected chi connectivity index (χ2v) is 6.03. The molecule has 1 N–H and O–H groups in total. The lowest BCUT2D eigenvalue weighted by molar-refractivity contribution is -0.386. The molecule has 0 aliphatic carbocycles. The zero-order valence-corrected chi connectivity index (χ0v) is 15.9. The number of amides is 1. The Bertz CT molecular complexity index is 846. The molecule has 0 aliphatic rings. The minimum Gasteiger partial charge on any atom is -0.493 e. The van der Waals surface area contributed by atoms with Gasteiger partial charge in [-0.15, -0.1) is 0 Å². The summed E-state index contributed by atoms with van der Waals surface area (Å²) in [7, 11) is 3.96. The van der Waals surface area contributed by atoms with Crippen LogP contribution in [0.1, 0.15) is 35.7 Å². The summed E-state index contributed by atoms with van der Waals surface area (Å²) in [5.41, 5.74) is 0.952. The highest BCUT2D eigenvalue weighted by Gasteiger charge is 2.32. The number of ether oxygens (including phenoxy) is 3. The van der Waals surface area contributed by atoms with Crippen molar-refractivity contribution in [2.24, 2.45) is 0 Å². The molecule has 27 heavy (non-hydrogen) atoms. The Balaban J connectivity index is 2.49. The maximum atomic E-state index is 12.7. The quantitative estimate of drug-likeness (QED) is 0.581. The number of nitrogens with one attached hydrogen (secondary N) is 1. The number of anilines is 1. The van der Waals surface area contributed by atoms with Crippen molar-refractivity contribution in [1.29, 1.82) is 0 Å². The third-order valence-corrected chi connectivity index (χ3v) is 4.07. The van der Waals surface area contributed by atoms with Gasteiger partial charge in [0.1, 0.15) is 5.56 Å². The Hall–Kier alpha value is -3.29. The van der Waals surface area contributed by atoms with Crippen molar-refractivity contribution in [2.45, 2.75) is 19.8 Å². The third-order valence-electron chi connectivity index (χ3n) is 4.07. The first-order valence-electron chi connectivity index (χ1n) is 8.22.